The Labute approximate surface area is 112 Å². The van der Waals surface area contributed by atoms with Gasteiger partial charge < -0.3 is 20.3 Å². The average Bonchev–Trinajstić information content (AvgIpc) is 2.88. The Hall–Kier alpha value is -1.66. The molecule has 2 atom stereocenters. The van der Waals surface area contributed by atoms with Crippen molar-refractivity contribution in [2.24, 2.45) is 5.73 Å². The van der Waals surface area contributed by atoms with Crippen LogP contribution in [0.2, 0.25) is 0 Å². The first kappa shape index (κ1) is 13.8. The Morgan fingerprint density at radius 2 is 2.53 bits per heavy atom. The van der Waals surface area contributed by atoms with Crippen molar-refractivity contribution in [3.63, 3.8) is 0 Å². The Balaban J connectivity index is 1.67. The summed E-state index contributed by atoms with van der Waals surface area (Å²) in [5.74, 6) is -0.181. The van der Waals surface area contributed by atoms with Crippen LogP contribution in [0, 0.1) is 0 Å². The van der Waals surface area contributed by atoms with Crippen molar-refractivity contribution in [2.45, 2.75) is 38.0 Å². The van der Waals surface area contributed by atoms with Gasteiger partial charge in [-0.15, -0.1) is 0 Å². The molecule has 2 unspecified atom stereocenters. The van der Waals surface area contributed by atoms with Crippen LogP contribution in [-0.4, -0.2) is 29.8 Å². The van der Waals surface area contributed by atoms with E-state index >= 15 is 0 Å². The van der Waals surface area contributed by atoms with Gasteiger partial charge in [-0.1, -0.05) is 17.3 Å². The number of nitrogens with one attached hydrogen (secondary N) is 1. The fraction of sp³-hybridized carbons (Fsp3) is 0.538. The van der Waals surface area contributed by atoms with Gasteiger partial charge >= 0.3 is 0 Å². The molecular formula is C13H19N3O3. The summed E-state index contributed by atoms with van der Waals surface area (Å²) in [5.41, 5.74) is 7.80. The summed E-state index contributed by atoms with van der Waals surface area (Å²) in [6.07, 6.45) is 3.91. The summed E-state index contributed by atoms with van der Waals surface area (Å²) in [5, 5.41) is 6.40. The maximum atomic E-state index is 11.6. The van der Waals surface area contributed by atoms with E-state index in [0.29, 0.717) is 12.2 Å². The highest BCUT2D eigenvalue weighted by Crippen LogP contribution is 2.23. The standard InChI is InChI=1S/C13H19N3O3/c1-9-2-3-12(11(14)6-9)18-8-13(17)15-7-10-4-5-19-16-10/h4-5,11-12H,1-3,6-8,14H2,(H,15,17). The van der Waals surface area contributed by atoms with Crippen LogP contribution in [0.1, 0.15) is 25.0 Å². The molecule has 0 spiro atoms. The second-order valence-corrected chi connectivity index (χ2v) is 4.77. The van der Waals surface area contributed by atoms with Crippen LogP contribution in [0.25, 0.3) is 0 Å². The van der Waals surface area contributed by atoms with E-state index in [1.165, 1.54) is 6.26 Å². The van der Waals surface area contributed by atoms with Crippen molar-refractivity contribution in [1.29, 1.82) is 0 Å². The van der Waals surface area contributed by atoms with E-state index in [-0.39, 0.29) is 24.7 Å². The second-order valence-electron chi connectivity index (χ2n) is 4.77. The maximum Gasteiger partial charge on any atom is 0.246 e. The predicted molar refractivity (Wildman–Crippen MR) is 69.1 cm³/mol. The Morgan fingerprint density at radius 1 is 1.68 bits per heavy atom. The van der Waals surface area contributed by atoms with E-state index in [9.17, 15) is 4.79 Å². The van der Waals surface area contributed by atoms with Crippen molar-refractivity contribution in [1.82, 2.24) is 10.5 Å². The monoisotopic (exact) mass is 265 g/mol. The molecule has 19 heavy (non-hydrogen) atoms. The Bertz CT molecular complexity index is 430. The first-order valence-corrected chi connectivity index (χ1v) is 6.35. The summed E-state index contributed by atoms with van der Waals surface area (Å²) in [6, 6.07) is 1.63. The van der Waals surface area contributed by atoms with E-state index in [4.69, 9.17) is 10.5 Å². The van der Waals surface area contributed by atoms with Crippen LogP contribution in [0.4, 0.5) is 0 Å². The Kier molecular flexibility index (Phi) is 4.70. The minimum absolute atomic E-state index is 0.0166. The third-order valence-corrected chi connectivity index (χ3v) is 3.17. The largest absolute Gasteiger partial charge is 0.367 e. The van der Waals surface area contributed by atoms with Gasteiger partial charge in [0.15, 0.2) is 0 Å². The second kappa shape index (κ2) is 6.49. The van der Waals surface area contributed by atoms with Crippen LogP contribution < -0.4 is 11.1 Å². The number of nitrogens with two attached hydrogens (primary N) is 1. The van der Waals surface area contributed by atoms with Gasteiger partial charge in [0.05, 0.1) is 12.6 Å². The molecule has 1 saturated carbocycles. The fourth-order valence-corrected chi connectivity index (χ4v) is 2.09. The van der Waals surface area contributed by atoms with Crippen LogP contribution >= 0.6 is 0 Å². The molecule has 1 aromatic rings. The molecular weight excluding hydrogens is 246 g/mol. The number of aromatic nitrogens is 1. The number of hydrogen-bond acceptors (Lipinski definition) is 5. The van der Waals surface area contributed by atoms with Gasteiger partial charge in [-0.3, -0.25) is 4.79 Å². The summed E-state index contributed by atoms with van der Waals surface area (Å²) < 4.78 is 10.2. The van der Waals surface area contributed by atoms with Crippen LogP contribution in [0.5, 0.6) is 0 Å². The van der Waals surface area contributed by atoms with Crippen molar-refractivity contribution in [3.8, 4) is 0 Å². The molecule has 0 saturated heterocycles. The van der Waals surface area contributed by atoms with Crippen molar-refractivity contribution >= 4 is 5.91 Å². The summed E-state index contributed by atoms with van der Waals surface area (Å²) in [6.45, 7) is 4.28. The number of amides is 1. The smallest absolute Gasteiger partial charge is 0.246 e. The molecule has 2 rings (SSSR count). The fourth-order valence-electron chi connectivity index (χ4n) is 2.09. The molecule has 0 aromatic carbocycles. The molecule has 1 aliphatic carbocycles. The topological polar surface area (TPSA) is 90.4 Å². The number of ether oxygens (including phenoxy) is 1. The highest BCUT2D eigenvalue weighted by atomic mass is 16.5. The molecule has 1 aliphatic rings. The van der Waals surface area contributed by atoms with Crippen molar-refractivity contribution < 1.29 is 14.1 Å². The lowest BCUT2D eigenvalue weighted by Crippen LogP contribution is -2.42. The highest BCUT2D eigenvalue weighted by molar-refractivity contribution is 5.77. The first-order valence-electron chi connectivity index (χ1n) is 6.35. The number of nitrogens with zero attached hydrogens (tertiary/aromatic N) is 1. The zero-order chi connectivity index (χ0) is 13.7. The van der Waals surface area contributed by atoms with Crippen molar-refractivity contribution in [2.75, 3.05) is 6.61 Å². The van der Waals surface area contributed by atoms with Gasteiger partial charge in [-0.2, -0.15) is 0 Å². The summed E-state index contributed by atoms with van der Waals surface area (Å²) in [4.78, 5) is 11.6. The van der Waals surface area contributed by atoms with E-state index in [1.807, 2.05) is 0 Å². The first-order chi connectivity index (χ1) is 9.15. The van der Waals surface area contributed by atoms with E-state index in [0.717, 1.165) is 24.8 Å². The van der Waals surface area contributed by atoms with Crippen LogP contribution in [0.15, 0.2) is 29.0 Å². The third kappa shape index (κ3) is 4.18. The minimum atomic E-state index is -0.181. The highest BCUT2D eigenvalue weighted by Gasteiger charge is 2.24. The molecule has 6 nitrogen and oxygen atoms in total. The van der Waals surface area contributed by atoms with E-state index in [2.05, 4.69) is 21.6 Å². The molecule has 3 N–H and O–H groups in total. The summed E-state index contributed by atoms with van der Waals surface area (Å²) in [7, 11) is 0. The summed E-state index contributed by atoms with van der Waals surface area (Å²) >= 11 is 0. The number of hydrogen-bond donors (Lipinski definition) is 2. The molecule has 1 fully saturated rings. The molecule has 0 aliphatic heterocycles. The Morgan fingerprint density at radius 3 is 3.21 bits per heavy atom. The van der Waals surface area contributed by atoms with E-state index < -0.39 is 0 Å². The van der Waals surface area contributed by atoms with Crippen molar-refractivity contribution in [3.05, 3.63) is 30.2 Å². The molecule has 1 aromatic heterocycles. The zero-order valence-corrected chi connectivity index (χ0v) is 10.8. The molecule has 6 heteroatoms. The van der Waals surface area contributed by atoms with Gasteiger partial charge in [0.2, 0.25) is 5.91 Å². The van der Waals surface area contributed by atoms with Gasteiger partial charge in [0.25, 0.3) is 0 Å². The SMILES string of the molecule is C=C1CCC(OCC(=O)NCc2ccon2)C(N)C1. The van der Waals surface area contributed by atoms with Crippen LogP contribution in [-0.2, 0) is 16.1 Å². The van der Waals surface area contributed by atoms with Gasteiger partial charge in [-0.05, 0) is 19.3 Å². The lowest BCUT2D eigenvalue weighted by atomic mass is 9.90. The van der Waals surface area contributed by atoms with Gasteiger partial charge in [0.1, 0.15) is 18.6 Å². The minimum Gasteiger partial charge on any atom is -0.367 e. The number of carbonyl (C=O) groups excluding carboxylic acids is 1. The molecule has 104 valence electrons. The quantitative estimate of drug-likeness (QED) is 0.766. The third-order valence-electron chi connectivity index (χ3n) is 3.17. The molecule has 1 heterocycles. The molecule has 1 amide bonds. The zero-order valence-electron chi connectivity index (χ0n) is 10.8. The molecule has 0 bridgehead atoms. The van der Waals surface area contributed by atoms with Gasteiger partial charge in [0, 0.05) is 12.1 Å². The number of rotatable bonds is 5. The molecule has 0 radical (unpaired) electrons. The average molecular weight is 265 g/mol. The lowest BCUT2D eigenvalue weighted by Gasteiger charge is -2.29. The van der Waals surface area contributed by atoms with E-state index in [1.54, 1.807) is 6.07 Å². The van der Waals surface area contributed by atoms with Gasteiger partial charge in [-0.25, -0.2) is 0 Å². The van der Waals surface area contributed by atoms with Crippen LogP contribution in [0.3, 0.4) is 0 Å². The maximum absolute atomic E-state index is 11.6. The number of carbonyl (C=O) groups is 1. The lowest BCUT2D eigenvalue weighted by molar-refractivity contribution is -0.128. The predicted octanol–water partition coefficient (Wildman–Crippen LogP) is 0.743. The normalized spacial score (nSPS) is 23.3.